The standard InChI is InChI=1S/C9H9O2.BrH.Mg/c1-2-11-9-5-3-4-8(6-9)7-10;;/h3-6H,2H2,1H3;1H;/q;;+1/p-1. The van der Waals surface area contributed by atoms with Gasteiger partial charge in [0.15, 0.2) is 0 Å². The maximum absolute atomic E-state index is 10.4. The van der Waals surface area contributed by atoms with Crippen LogP contribution < -0.4 is 17.0 Å². The summed E-state index contributed by atoms with van der Waals surface area (Å²) in [4.78, 5) is 10.4. The summed E-state index contributed by atoms with van der Waals surface area (Å²) in [5, 5.41) is 0. The Bertz CT molecular complexity index is 277. The fraction of sp³-hybridized carbons (Fsp3) is 0.333. The first-order valence-electron chi connectivity index (χ1n) is 3.88. The molecule has 0 aromatic heterocycles. The molecule has 1 aliphatic carbocycles. The molecule has 0 amide bonds. The average Bonchev–Trinajstić information content (AvgIpc) is 2.09. The van der Waals surface area contributed by atoms with Crippen LogP contribution in [0.4, 0.5) is 0 Å². The number of carbonyl (C=O) groups excluding carboxylic acids is 1. The summed E-state index contributed by atoms with van der Waals surface area (Å²) in [5.74, 6) is 2.66. The molecule has 0 saturated carbocycles. The van der Waals surface area contributed by atoms with Crippen molar-refractivity contribution in [1.29, 1.82) is 0 Å². The van der Waals surface area contributed by atoms with Crippen molar-refractivity contribution in [2.45, 2.75) is 11.0 Å². The van der Waals surface area contributed by atoms with Gasteiger partial charge in [-0.15, -0.1) is 0 Å². The van der Waals surface area contributed by atoms with Crippen molar-refractivity contribution < 1.29 is 26.5 Å². The number of ether oxygens (including phenoxy) is 1. The van der Waals surface area contributed by atoms with E-state index in [1.54, 1.807) is 27.8 Å². The van der Waals surface area contributed by atoms with E-state index in [9.17, 15) is 4.79 Å². The molecule has 0 heterocycles. The molecule has 0 aliphatic heterocycles. The smallest absolute Gasteiger partial charge is 1.00 e. The van der Waals surface area contributed by atoms with E-state index in [-0.39, 0.29) is 21.0 Å². The Kier molecular flexibility index (Phi) is 6.42. The first kappa shape index (κ1) is 13.0. The van der Waals surface area contributed by atoms with Crippen molar-refractivity contribution in [2.24, 2.45) is 0 Å². The van der Waals surface area contributed by atoms with Crippen molar-refractivity contribution in [1.82, 2.24) is 0 Å². The van der Waals surface area contributed by atoms with Crippen LogP contribution in [0.3, 0.4) is 0 Å². The van der Waals surface area contributed by atoms with Gasteiger partial charge in [0.25, 0.3) is 0 Å². The van der Waals surface area contributed by atoms with Gasteiger partial charge in [0, 0.05) is 0 Å². The van der Waals surface area contributed by atoms with Gasteiger partial charge in [0.2, 0.25) is 0 Å². The Hall–Kier alpha value is -0.0238. The zero-order valence-electron chi connectivity index (χ0n) is 7.42. The van der Waals surface area contributed by atoms with Crippen molar-refractivity contribution in [2.75, 3.05) is 6.61 Å². The Morgan fingerprint density at radius 1 is 1.69 bits per heavy atom. The van der Waals surface area contributed by atoms with Crippen LogP contribution in [0, 0.1) is 0 Å². The van der Waals surface area contributed by atoms with Crippen LogP contribution in [-0.2, 0) is 9.53 Å². The molecular weight excluding hydrogens is 244 g/mol. The number of rotatable bonds is 2. The number of hydrogen-bond acceptors (Lipinski definition) is 2. The monoisotopic (exact) mass is 252 g/mol. The quantitative estimate of drug-likeness (QED) is 0.429. The van der Waals surface area contributed by atoms with Crippen molar-refractivity contribution in [3.8, 4) is 0 Å². The van der Waals surface area contributed by atoms with E-state index in [2.05, 4.69) is 0 Å². The van der Waals surface area contributed by atoms with Crippen molar-refractivity contribution in [3.05, 3.63) is 29.6 Å². The molecule has 2 nitrogen and oxygen atoms in total. The second-order valence-corrected chi connectivity index (χ2v) is 3.38. The summed E-state index contributed by atoms with van der Waals surface area (Å²) < 4.78 is 5.43. The van der Waals surface area contributed by atoms with E-state index in [4.69, 9.17) is 4.74 Å². The Morgan fingerprint density at radius 3 is 2.92 bits per heavy atom. The molecule has 0 aromatic carbocycles. The van der Waals surface area contributed by atoms with Crippen LogP contribution in [0.2, 0.25) is 4.05 Å². The molecule has 0 spiro atoms. The van der Waals surface area contributed by atoms with Gasteiger partial charge in [0.1, 0.15) is 0 Å². The third kappa shape index (κ3) is 3.69. The molecule has 0 bridgehead atoms. The van der Waals surface area contributed by atoms with E-state index >= 15 is 0 Å². The van der Waals surface area contributed by atoms with Crippen LogP contribution >= 0.6 is 0 Å². The molecule has 0 N–H and O–H groups in total. The predicted molar refractivity (Wildman–Crippen MR) is 47.6 cm³/mol. The van der Waals surface area contributed by atoms with Gasteiger partial charge < -0.3 is 17.0 Å². The molecule has 0 aromatic rings. The Morgan fingerprint density at radius 2 is 2.38 bits per heavy atom. The summed E-state index contributed by atoms with van der Waals surface area (Å²) in [6.45, 7) is 2.54. The van der Waals surface area contributed by atoms with E-state index < -0.39 is 0 Å². The summed E-state index contributed by atoms with van der Waals surface area (Å²) in [5.41, 5.74) is 0.666. The topological polar surface area (TPSA) is 26.3 Å². The van der Waals surface area contributed by atoms with Gasteiger partial charge in [-0.3, -0.25) is 0 Å². The zero-order valence-corrected chi connectivity index (χ0v) is 10.4. The Labute approximate surface area is 101 Å². The van der Waals surface area contributed by atoms with Gasteiger partial charge in [0.05, 0.1) is 0 Å². The van der Waals surface area contributed by atoms with Crippen molar-refractivity contribution in [3.63, 3.8) is 0 Å². The molecule has 0 fully saturated rings. The first-order chi connectivity index (χ1) is 5.77. The number of hydrogen-bond donors (Lipinski definition) is 0. The molecule has 0 saturated heterocycles. The summed E-state index contributed by atoms with van der Waals surface area (Å²) in [7, 11) is 0. The predicted octanol–water partition coefficient (Wildman–Crippen LogP) is -1.80. The van der Waals surface area contributed by atoms with Gasteiger partial charge >= 0.3 is 84.3 Å². The van der Waals surface area contributed by atoms with Gasteiger partial charge in [-0.1, -0.05) is 0 Å². The van der Waals surface area contributed by atoms with Crippen LogP contribution in [0.5, 0.6) is 0 Å². The molecule has 1 aliphatic rings. The van der Waals surface area contributed by atoms with Crippen LogP contribution in [-0.4, -0.2) is 34.3 Å². The van der Waals surface area contributed by atoms with Crippen LogP contribution in [0.25, 0.3) is 0 Å². The van der Waals surface area contributed by atoms with Gasteiger partial charge in [-0.2, -0.15) is 0 Å². The largest absolute Gasteiger partial charge is 1.00 e. The molecular formula is C9H9BrMgO2. The van der Waals surface area contributed by atoms with E-state index in [0.29, 0.717) is 12.2 Å². The molecule has 1 rings (SSSR count). The SMILES string of the molecule is CCOC1=CC(=C=O)[CH]([Mg+])C=C1.[Br-]. The van der Waals surface area contributed by atoms with Crippen LogP contribution in [0.15, 0.2) is 29.6 Å². The fourth-order valence-electron chi connectivity index (χ4n) is 0.985. The summed E-state index contributed by atoms with van der Waals surface area (Å²) in [6, 6.07) is 0. The third-order valence-corrected chi connectivity index (χ3v) is 2.33. The van der Waals surface area contributed by atoms with E-state index in [1.165, 1.54) is 0 Å². The van der Waals surface area contributed by atoms with Crippen molar-refractivity contribution >= 4 is 27.7 Å². The molecule has 1 atom stereocenters. The number of allylic oxidation sites excluding steroid dienone is 4. The number of halogens is 1. The van der Waals surface area contributed by atoms with Crippen LogP contribution in [0.1, 0.15) is 6.92 Å². The summed E-state index contributed by atoms with van der Waals surface area (Å²) in [6.07, 6.45) is 5.58. The normalized spacial score (nSPS) is 20.1. The molecule has 13 heavy (non-hydrogen) atoms. The second-order valence-electron chi connectivity index (χ2n) is 2.50. The molecule has 1 unspecified atom stereocenters. The van der Waals surface area contributed by atoms with Gasteiger partial charge in [-0.25, -0.2) is 0 Å². The minimum atomic E-state index is 0. The zero-order chi connectivity index (χ0) is 8.97. The second kappa shape index (κ2) is 6.43. The summed E-state index contributed by atoms with van der Waals surface area (Å²) >= 11 is 1.75. The van der Waals surface area contributed by atoms with E-state index in [1.807, 2.05) is 25.0 Å². The fourth-order valence-corrected chi connectivity index (χ4v) is 1.32. The molecule has 0 radical (unpaired) electrons. The maximum Gasteiger partial charge on any atom is -1.00 e. The molecule has 4 heteroatoms. The minimum Gasteiger partial charge on any atom is -1.00 e. The van der Waals surface area contributed by atoms with E-state index in [0.717, 1.165) is 5.76 Å². The Balaban J connectivity index is 0.00000144. The minimum absolute atomic E-state index is 0. The third-order valence-electron chi connectivity index (χ3n) is 1.62. The van der Waals surface area contributed by atoms with Gasteiger partial charge in [-0.05, 0) is 0 Å². The average molecular weight is 253 g/mol. The molecule has 66 valence electrons. The first-order valence-corrected chi connectivity index (χ1v) is 4.70. The maximum atomic E-state index is 10.4.